The predicted octanol–water partition coefficient (Wildman–Crippen LogP) is 4.20. The number of fused-ring (bicyclic) bond motifs is 1. The molecule has 1 unspecified atom stereocenters. The lowest BCUT2D eigenvalue weighted by Gasteiger charge is -2.30. The molecule has 0 spiro atoms. The molecule has 1 aromatic carbocycles. The quantitative estimate of drug-likeness (QED) is 0.363. The van der Waals surface area contributed by atoms with Crippen LogP contribution < -0.4 is 10.6 Å². The van der Waals surface area contributed by atoms with E-state index in [0.29, 0.717) is 18.4 Å². The number of aromatic nitrogens is 1. The molecule has 0 bridgehead atoms. The van der Waals surface area contributed by atoms with Gasteiger partial charge < -0.3 is 15.2 Å². The van der Waals surface area contributed by atoms with Gasteiger partial charge in [-0.05, 0) is 30.4 Å². The zero-order valence-electron chi connectivity index (χ0n) is 15.8. The van der Waals surface area contributed by atoms with Crippen LogP contribution in [0.4, 0.5) is 0 Å². The van der Waals surface area contributed by atoms with Gasteiger partial charge in [-0.25, -0.2) is 0 Å². The molecule has 0 radical (unpaired) electrons. The summed E-state index contributed by atoms with van der Waals surface area (Å²) in [5.74, 6) is 2.69. The van der Waals surface area contributed by atoms with Crippen LogP contribution in [-0.4, -0.2) is 24.7 Å². The Morgan fingerprint density at radius 2 is 2.04 bits per heavy atom. The van der Waals surface area contributed by atoms with E-state index in [9.17, 15) is 0 Å². The van der Waals surface area contributed by atoms with Crippen LogP contribution in [0, 0.1) is 0 Å². The van der Waals surface area contributed by atoms with Crippen LogP contribution in [-0.2, 0) is 13.0 Å². The van der Waals surface area contributed by atoms with Crippen LogP contribution in [0.1, 0.15) is 61.1 Å². The number of benzene rings is 1. The minimum atomic E-state index is 0. The van der Waals surface area contributed by atoms with Gasteiger partial charge in [-0.2, -0.15) is 0 Å². The maximum absolute atomic E-state index is 5.45. The monoisotopic (exact) mass is 468 g/mol. The number of nitrogens with one attached hydrogen (secondary N) is 2. The van der Waals surface area contributed by atoms with E-state index in [1.54, 1.807) is 7.05 Å². The molecule has 0 aliphatic heterocycles. The fraction of sp³-hybridized carbons (Fsp3) is 0.500. The van der Waals surface area contributed by atoms with Gasteiger partial charge in [-0.15, -0.1) is 24.0 Å². The summed E-state index contributed by atoms with van der Waals surface area (Å²) in [5.41, 5.74) is 3.97. The van der Waals surface area contributed by atoms with E-state index in [2.05, 4.69) is 65.0 Å². The SMILES string of the molecule is CCC(CC)c1cc(CNC(=NC)NCC2Cc3ccccc32)on1.I. The molecule has 1 aliphatic carbocycles. The minimum absolute atomic E-state index is 0. The smallest absolute Gasteiger partial charge is 0.191 e. The van der Waals surface area contributed by atoms with Crippen molar-refractivity contribution in [3.8, 4) is 0 Å². The van der Waals surface area contributed by atoms with Crippen molar-refractivity contribution in [2.45, 2.75) is 51.5 Å². The maximum Gasteiger partial charge on any atom is 0.191 e. The molecular formula is C20H29IN4O. The Bertz CT molecular complexity index is 724. The number of guanidine groups is 1. The van der Waals surface area contributed by atoms with Gasteiger partial charge in [0, 0.05) is 31.5 Å². The summed E-state index contributed by atoms with van der Waals surface area (Å²) in [6.45, 7) is 5.86. The van der Waals surface area contributed by atoms with Crippen molar-refractivity contribution in [2.24, 2.45) is 4.99 Å². The molecule has 0 amide bonds. The van der Waals surface area contributed by atoms with Crippen molar-refractivity contribution in [1.29, 1.82) is 0 Å². The van der Waals surface area contributed by atoms with E-state index in [4.69, 9.17) is 4.52 Å². The topological polar surface area (TPSA) is 62.5 Å². The fourth-order valence-electron chi connectivity index (χ4n) is 3.47. The molecule has 0 fully saturated rings. The molecule has 3 rings (SSSR count). The third kappa shape index (κ3) is 4.78. The minimum Gasteiger partial charge on any atom is -0.359 e. The van der Waals surface area contributed by atoms with Crippen molar-refractivity contribution in [1.82, 2.24) is 15.8 Å². The van der Waals surface area contributed by atoms with Crippen molar-refractivity contribution in [3.05, 3.63) is 52.9 Å². The Kier molecular flexibility index (Phi) is 7.93. The van der Waals surface area contributed by atoms with Crippen LogP contribution in [0.3, 0.4) is 0 Å². The third-order valence-electron chi connectivity index (χ3n) is 5.11. The van der Waals surface area contributed by atoms with Gasteiger partial charge in [0.05, 0.1) is 12.2 Å². The van der Waals surface area contributed by atoms with Crippen molar-refractivity contribution in [3.63, 3.8) is 0 Å². The standard InChI is InChI=1S/C20H28N4O.HI/c1-4-14(5-2)19-11-17(25-24-19)13-23-20(21-3)22-12-16-10-15-8-6-7-9-18(15)16;/h6-9,11,14,16H,4-5,10,12-13H2,1-3H3,(H2,21,22,23);1H. The highest BCUT2D eigenvalue weighted by molar-refractivity contribution is 14.0. The molecule has 6 heteroatoms. The third-order valence-corrected chi connectivity index (χ3v) is 5.11. The average molecular weight is 468 g/mol. The van der Waals surface area contributed by atoms with Gasteiger partial charge in [0.15, 0.2) is 11.7 Å². The second kappa shape index (κ2) is 9.94. The molecule has 0 saturated heterocycles. The highest BCUT2D eigenvalue weighted by Crippen LogP contribution is 2.33. The number of aliphatic imine (C=N–C) groups is 1. The zero-order chi connectivity index (χ0) is 17.6. The lowest BCUT2D eigenvalue weighted by molar-refractivity contribution is 0.368. The Morgan fingerprint density at radius 3 is 2.73 bits per heavy atom. The predicted molar refractivity (Wildman–Crippen MR) is 116 cm³/mol. The highest BCUT2D eigenvalue weighted by atomic mass is 127. The highest BCUT2D eigenvalue weighted by Gasteiger charge is 2.25. The van der Waals surface area contributed by atoms with Gasteiger partial charge in [0.2, 0.25) is 0 Å². The summed E-state index contributed by atoms with van der Waals surface area (Å²) >= 11 is 0. The first-order valence-corrected chi connectivity index (χ1v) is 9.22. The van der Waals surface area contributed by atoms with Gasteiger partial charge in [-0.3, -0.25) is 4.99 Å². The molecule has 2 aromatic rings. The second-order valence-electron chi connectivity index (χ2n) is 6.64. The summed E-state index contributed by atoms with van der Waals surface area (Å²) < 4.78 is 5.45. The molecule has 1 aromatic heterocycles. The lowest BCUT2D eigenvalue weighted by Crippen LogP contribution is -2.40. The molecule has 1 aliphatic rings. The van der Waals surface area contributed by atoms with Crippen LogP contribution in [0.15, 0.2) is 39.8 Å². The van der Waals surface area contributed by atoms with Gasteiger partial charge in [0.1, 0.15) is 0 Å². The number of nitrogens with zero attached hydrogens (tertiary/aromatic N) is 2. The molecular weight excluding hydrogens is 439 g/mol. The van der Waals surface area contributed by atoms with E-state index in [0.717, 1.165) is 43.2 Å². The summed E-state index contributed by atoms with van der Waals surface area (Å²) in [4.78, 5) is 4.30. The van der Waals surface area contributed by atoms with Crippen molar-refractivity contribution in [2.75, 3.05) is 13.6 Å². The normalized spacial score (nSPS) is 15.8. The molecule has 142 valence electrons. The number of hydrogen-bond acceptors (Lipinski definition) is 3. The first-order chi connectivity index (χ1) is 12.2. The fourth-order valence-corrected chi connectivity index (χ4v) is 3.47. The summed E-state index contributed by atoms with van der Waals surface area (Å²) in [6.07, 6.45) is 3.31. The maximum atomic E-state index is 5.45. The van der Waals surface area contributed by atoms with Crippen LogP contribution in [0.2, 0.25) is 0 Å². The van der Waals surface area contributed by atoms with Gasteiger partial charge >= 0.3 is 0 Å². The van der Waals surface area contributed by atoms with E-state index in [1.807, 2.05) is 0 Å². The Hall–Kier alpha value is -1.57. The number of hydrogen-bond donors (Lipinski definition) is 2. The molecule has 0 saturated carbocycles. The Labute approximate surface area is 173 Å². The molecule has 5 nitrogen and oxygen atoms in total. The van der Waals surface area contributed by atoms with Crippen LogP contribution in [0.25, 0.3) is 0 Å². The first kappa shape index (κ1) is 20.7. The average Bonchev–Trinajstić information content (AvgIpc) is 3.08. The van der Waals surface area contributed by atoms with E-state index >= 15 is 0 Å². The van der Waals surface area contributed by atoms with Crippen LogP contribution >= 0.6 is 24.0 Å². The molecule has 1 atom stereocenters. The second-order valence-corrected chi connectivity index (χ2v) is 6.64. The van der Waals surface area contributed by atoms with Gasteiger partial charge in [0.25, 0.3) is 0 Å². The largest absolute Gasteiger partial charge is 0.359 e. The lowest BCUT2D eigenvalue weighted by atomic mass is 9.78. The van der Waals surface area contributed by atoms with E-state index < -0.39 is 0 Å². The summed E-state index contributed by atoms with van der Waals surface area (Å²) in [5, 5.41) is 10.9. The number of rotatable bonds is 7. The van der Waals surface area contributed by atoms with Crippen LogP contribution in [0.5, 0.6) is 0 Å². The Balaban J connectivity index is 0.00000243. The number of halogens is 1. The Morgan fingerprint density at radius 1 is 1.27 bits per heavy atom. The van der Waals surface area contributed by atoms with Gasteiger partial charge in [-0.1, -0.05) is 43.3 Å². The van der Waals surface area contributed by atoms with E-state index in [-0.39, 0.29) is 24.0 Å². The first-order valence-electron chi connectivity index (χ1n) is 9.22. The van der Waals surface area contributed by atoms with Crippen molar-refractivity contribution >= 4 is 29.9 Å². The molecule has 26 heavy (non-hydrogen) atoms. The molecule has 2 N–H and O–H groups in total. The summed E-state index contributed by atoms with van der Waals surface area (Å²) in [6, 6.07) is 10.7. The molecule has 1 heterocycles. The van der Waals surface area contributed by atoms with E-state index in [1.165, 1.54) is 11.1 Å². The summed E-state index contributed by atoms with van der Waals surface area (Å²) in [7, 11) is 1.79. The zero-order valence-corrected chi connectivity index (χ0v) is 18.1. The van der Waals surface area contributed by atoms with Crippen molar-refractivity contribution < 1.29 is 4.52 Å².